The van der Waals surface area contributed by atoms with Crippen molar-refractivity contribution in [2.45, 2.75) is 44.3 Å². The van der Waals surface area contributed by atoms with Crippen LogP contribution >= 0.6 is 0 Å². The summed E-state index contributed by atoms with van der Waals surface area (Å²) in [7, 11) is 0. The predicted molar refractivity (Wildman–Crippen MR) is 83.5 cm³/mol. The molecule has 0 radical (unpaired) electrons. The number of rotatable bonds is 3. The second kappa shape index (κ2) is 5.72. The topological polar surface area (TPSA) is 50.7 Å². The molecule has 2 aliphatic carbocycles. The molecule has 1 fully saturated rings. The van der Waals surface area contributed by atoms with Crippen LogP contribution in [0.5, 0.6) is 0 Å². The van der Waals surface area contributed by atoms with E-state index in [1.165, 1.54) is 0 Å². The third kappa shape index (κ3) is 2.83. The van der Waals surface area contributed by atoms with Crippen molar-refractivity contribution >= 4 is 5.82 Å². The van der Waals surface area contributed by atoms with Crippen LogP contribution in [-0.2, 0) is 12.8 Å². The van der Waals surface area contributed by atoms with Gasteiger partial charge in [-0.3, -0.25) is 4.98 Å². The molecule has 2 aliphatic rings. The molecule has 0 atom stereocenters. The van der Waals surface area contributed by atoms with E-state index in [1.807, 2.05) is 12.1 Å². The smallest absolute Gasteiger partial charge is 0.367 e. The highest BCUT2D eigenvalue weighted by Crippen LogP contribution is 2.42. The van der Waals surface area contributed by atoms with E-state index < -0.39 is 12.1 Å². The van der Waals surface area contributed by atoms with Crippen molar-refractivity contribution in [1.82, 2.24) is 15.0 Å². The fraction of sp³-hybridized carbons (Fsp3) is 0.471. The van der Waals surface area contributed by atoms with Crippen molar-refractivity contribution in [2.24, 2.45) is 5.92 Å². The maximum Gasteiger partial charge on any atom is 0.391 e. The summed E-state index contributed by atoms with van der Waals surface area (Å²) in [4.78, 5) is 13.3. The van der Waals surface area contributed by atoms with Gasteiger partial charge in [-0.15, -0.1) is 0 Å². The van der Waals surface area contributed by atoms with E-state index in [0.717, 1.165) is 36.1 Å². The Hall–Kier alpha value is -2.18. The maximum atomic E-state index is 12.7. The molecule has 7 heteroatoms. The normalized spacial score (nSPS) is 22.8. The molecule has 2 aromatic heterocycles. The van der Waals surface area contributed by atoms with Crippen molar-refractivity contribution in [1.29, 1.82) is 0 Å². The molecule has 0 amide bonds. The van der Waals surface area contributed by atoms with E-state index in [4.69, 9.17) is 0 Å². The van der Waals surface area contributed by atoms with Crippen molar-refractivity contribution in [3.8, 4) is 11.4 Å². The number of aryl methyl sites for hydroxylation is 1. The van der Waals surface area contributed by atoms with Crippen LogP contribution in [0.3, 0.4) is 0 Å². The molecule has 0 spiro atoms. The molecule has 4 nitrogen and oxygen atoms in total. The third-order valence-electron chi connectivity index (χ3n) is 4.79. The van der Waals surface area contributed by atoms with Crippen molar-refractivity contribution in [2.75, 3.05) is 5.32 Å². The lowest BCUT2D eigenvalue weighted by Crippen LogP contribution is -2.43. The number of halogens is 3. The first-order valence-electron chi connectivity index (χ1n) is 8.14. The molecule has 0 saturated heterocycles. The molecular weight excluding hydrogens is 317 g/mol. The Bertz CT molecular complexity index is 739. The standard InChI is InChI=1S/C17H17F3N4/c18-17(19,20)11-7-12(8-11)22-16-13-4-1-5-14(13)23-15(24-16)10-3-2-6-21-9-10/h2-3,6,9,11-12H,1,4-5,7-8H2,(H,22,23,24). The minimum absolute atomic E-state index is 0.116. The highest BCUT2D eigenvalue weighted by atomic mass is 19.4. The van der Waals surface area contributed by atoms with Crippen LogP contribution in [0.1, 0.15) is 30.5 Å². The Morgan fingerprint density at radius 2 is 1.96 bits per heavy atom. The van der Waals surface area contributed by atoms with Gasteiger partial charge in [0.05, 0.1) is 5.92 Å². The Balaban J connectivity index is 1.58. The number of pyridine rings is 1. The SMILES string of the molecule is FC(F)(F)C1CC(Nc2nc(-c3cccnc3)nc3c2CCC3)C1. The lowest BCUT2D eigenvalue weighted by molar-refractivity contribution is -0.195. The van der Waals surface area contributed by atoms with Crippen molar-refractivity contribution in [3.63, 3.8) is 0 Å². The molecule has 24 heavy (non-hydrogen) atoms. The van der Waals surface area contributed by atoms with Crippen molar-refractivity contribution < 1.29 is 13.2 Å². The zero-order chi connectivity index (χ0) is 16.7. The van der Waals surface area contributed by atoms with Gasteiger partial charge in [-0.2, -0.15) is 13.2 Å². The third-order valence-corrected chi connectivity index (χ3v) is 4.79. The van der Waals surface area contributed by atoms with Crippen LogP contribution in [0.4, 0.5) is 19.0 Å². The maximum absolute atomic E-state index is 12.7. The first-order chi connectivity index (χ1) is 11.5. The van der Waals surface area contributed by atoms with E-state index in [-0.39, 0.29) is 18.9 Å². The fourth-order valence-corrected chi connectivity index (χ4v) is 3.37. The summed E-state index contributed by atoms with van der Waals surface area (Å²) in [5.41, 5.74) is 2.87. The predicted octanol–water partition coefficient (Wildman–Crippen LogP) is 3.78. The van der Waals surface area contributed by atoms with Gasteiger partial charge in [0.15, 0.2) is 5.82 Å². The van der Waals surface area contributed by atoms with Crippen molar-refractivity contribution in [3.05, 3.63) is 35.8 Å². The van der Waals surface area contributed by atoms with Crippen LogP contribution in [-0.4, -0.2) is 27.2 Å². The number of hydrogen-bond acceptors (Lipinski definition) is 4. The van der Waals surface area contributed by atoms with Crippen LogP contribution in [0.2, 0.25) is 0 Å². The van der Waals surface area contributed by atoms with E-state index in [0.29, 0.717) is 11.6 Å². The molecule has 0 bridgehead atoms. The summed E-state index contributed by atoms with van der Waals surface area (Å²) in [5.74, 6) is 0.0857. The fourth-order valence-electron chi connectivity index (χ4n) is 3.37. The minimum Gasteiger partial charge on any atom is -0.367 e. The summed E-state index contributed by atoms with van der Waals surface area (Å²) in [6.45, 7) is 0. The quantitative estimate of drug-likeness (QED) is 0.928. The lowest BCUT2D eigenvalue weighted by atomic mass is 9.79. The number of hydrogen-bond donors (Lipinski definition) is 1. The van der Waals surface area contributed by atoms with Gasteiger partial charge in [-0.05, 0) is 44.2 Å². The molecule has 0 aromatic carbocycles. The number of nitrogens with zero attached hydrogens (tertiary/aromatic N) is 3. The van der Waals surface area contributed by atoms with Gasteiger partial charge < -0.3 is 5.32 Å². The van der Waals surface area contributed by atoms with Gasteiger partial charge in [-0.25, -0.2) is 9.97 Å². The molecule has 0 aliphatic heterocycles. The van der Waals surface area contributed by atoms with E-state index >= 15 is 0 Å². The lowest BCUT2D eigenvalue weighted by Gasteiger charge is -2.37. The monoisotopic (exact) mass is 334 g/mol. The number of aromatic nitrogens is 3. The number of nitrogens with one attached hydrogen (secondary N) is 1. The summed E-state index contributed by atoms with van der Waals surface area (Å²) < 4.78 is 38.0. The number of alkyl halides is 3. The van der Waals surface area contributed by atoms with E-state index in [9.17, 15) is 13.2 Å². The highest BCUT2D eigenvalue weighted by molar-refractivity contribution is 5.60. The molecule has 126 valence electrons. The molecule has 1 N–H and O–H groups in total. The molecule has 1 saturated carbocycles. The van der Waals surface area contributed by atoms with Gasteiger partial charge in [0.25, 0.3) is 0 Å². The van der Waals surface area contributed by atoms with E-state index in [1.54, 1.807) is 12.4 Å². The zero-order valence-electron chi connectivity index (χ0n) is 13.0. The zero-order valence-corrected chi connectivity index (χ0v) is 13.0. The second-order valence-corrected chi connectivity index (χ2v) is 6.47. The Kier molecular flexibility index (Phi) is 3.66. The summed E-state index contributed by atoms with van der Waals surface area (Å²) in [6.07, 6.45) is 2.29. The Labute approximate surface area is 137 Å². The van der Waals surface area contributed by atoms with Crippen LogP contribution in [0.15, 0.2) is 24.5 Å². The molecule has 4 rings (SSSR count). The average Bonchev–Trinajstić information content (AvgIpc) is 2.98. The summed E-state index contributed by atoms with van der Waals surface area (Å²) in [6, 6.07) is 3.54. The van der Waals surface area contributed by atoms with Gasteiger partial charge >= 0.3 is 6.18 Å². The summed E-state index contributed by atoms with van der Waals surface area (Å²) in [5, 5.41) is 3.22. The van der Waals surface area contributed by atoms with E-state index in [2.05, 4.69) is 20.3 Å². The first kappa shape index (κ1) is 15.4. The average molecular weight is 334 g/mol. The van der Waals surface area contributed by atoms with Gasteiger partial charge in [0, 0.05) is 35.3 Å². The molecule has 2 heterocycles. The number of fused-ring (bicyclic) bond motifs is 1. The Morgan fingerprint density at radius 3 is 2.67 bits per heavy atom. The molecular formula is C17H17F3N4. The number of anilines is 1. The minimum atomic E-state index is -4.09. The Morgan fingerprint density at radius 1 is 1.12 bits per heavy atom. The van der Waals surface area contributed by atoms with Crippen LogP contribution in [0, 0.1) is 5.92 Å². The highest BCUT2D eigenvalue weighted by Gasteiger charge is 2.48. The van der Waals surface area contributed by atoms with Crippen LogP contribution in [0.25, 0.3) is 11.4 Å². The largest absolute Gasteiger partial charge is 0.391 e. The molecule has 2 aromatic rings. The van der Waals surface area contributed by atoms with Gasteiger partial charge in [0.1, 0.15) is 5.82 Å². The first-order valence-corrected chi connectivity index (χ1v) is 8.14. The second-order valence-electron chi connectivity index (χ2n) is 6.47. The van der Waals surface area contributed by atoms with Crippen LogP contribution < -0.4 is 5.32 Å². The molecule has 0 unspecified atom stereocenters. The van der Waals surface area contributed by atoms with Gasteiger partial charge in [0.2, 0.25) is 0 Å². The van der Waals surface area contributed by atoms with Gasteiger partial charge in [-0.1, -0.05) is 0 Å². The summed E-state index contributed by atoms with van der Waals surface area (Å²) >= 11 is 0.